The number of hydrogen-bond donors (Lipinski definition) is 1. The molecule has 0 spiro atoms. The van der Waals surface area contributed by atoms with Gasteiger partial charge in [-0.1, -0.05) is 0 Å². The second kappa shape index (κ2) is 6.09. The summed E-state index contributed by atoms with van der Waals surface area (Å²) in [5, 5.41) is 3.19. The third-order valence-electron chi connectivity index (χ3n) is 3.19. The Morgan fingerprint density at radius 2 is 2.50 bits per heavy atom. The summed E-state index contributed by atoms with van der Waals surface area (Å²) in [4.78, 5) is 18.4. The molecule has 0 aliphatic carbocycles. The van der Waals surface area contributed by atoms with Crippen molar-refractivity contribution in [2.45, 2.75) is 19.4 Å². The largest absolute Gasteiger partial charge is 0.383 e. The minimum Gasteiger partial charge on any atom is -0.383 e. The van der Waals surface area contributed by atoms with Crippen LogP contribution in [0.25, 0.3) is 0 Å². The number of carbonyl (C=O) groups is 1. The van der Waals surface area contributed by atoms with E-state index in [1.54, 1.807) is 18.5 Å². The Morgan fingerprint density at radius 1 is 1.67 bits per heavy atom. The van der Waals surface area contributed by atoms with Crippen molar-refractivity contribution in [1.29, 1.82) is 0 Å². The summed E-state index contributed by atoms with van der Waals surface area (Å²) < 4.78 is 0. The Kier molecular flexibility index (Phi) is 4.47. The van der Waals surface area contributed by atoms with Crippen LogP contribution in [0.5, 0.6) is 0 Å². The number of hydrogen-bond acceptors (Lipinski definition) is 4. The number of pyridine rings is 1. The van der Waals surface area contributed by atoms with E-state index in [0.717, 1.165) is 30.2 Å². The van der Waals surface area contributed by atoms with E-state index in [0.29, 0.717) is 11.6 Å². The van der Waals surface area contributed by atoms with Crippen LogP contribution in [0.3, 0.4) is 0 Å². The number of amides is 1. The molecule has 0 aromatic carbocycles. The lowest BCUT2D eigenvalue weighted by Gasteiger charge is -2.24. The molecule has 1 N–H and O–H groups in total. The smallest absolute Gasteiger partial charge is 0.256 e. The van der Waals surface area contributed by atoms with Crippen LogP contribution in [0.1, 0.15) is 23.7 Å². The Bertz CT molecular complexity index is 418. The summed E-state index contributed by atoms with van der Waals surface area (Å²) >= 11 is 1.92. The van der Waals surface area contributed by atoms with Gasteiger partial charge in [0.25, 0.3) is 5.91 Å². The van der Waals surface area contributed by atoms with Gasteiger partial charge in [0.1, 0.15) is 0 Å². The molecule has 1 aliphatic rings. The highest BCUT2D eigenvalue weighted by Gasteiger charge is 2.25. The predicted octanol–water partition coefficient (Wildman–Crippen LogP) is 2.09. The van der Waals surface area contributed by atoms with Crippen LogP contribution in [-0.2, 0) is 0 Å². The molecule has 0 bridgehead atoms. The monoisotopic (exact) mass is 265 g/mol. The lowest BCUT2D eigenvalue weighted by atomic mass is 10.1. The minimum absolute atomic E-state index is 0.0841. The van der Waals surface area contributed by atoms with Gasteiger partial charge in [-0.25, -0.2) is 0 Å². The average molecular weight is 265 g/mol. The van der Waals surface area contributed by atoms with Gasteiger partial charge in [0.15, 0.2) is 0 Å². The van der Waals surface area contributed by atoms with E-state index < -0.39 is 0 Å². The molecule has 1 aliphatic heterocycles. The van der Waals surface area contributed by atoms with E-state index >= 15 is 0 Å². The van der Waals surface area contributed by atoms with Crippen LogP contribution < -0.4 is 5.32 Å². The second-order valence-corrected chi connectivity index (χ2v) is 5.53. The zero-order valence-corrected chi connectivity index (χ0v) is 11.7. The van der Waals surface area contributed by atoms with Crippen molar-refractivity contribution in [2.75, 3.05) is 30.4 Å². The molecule has 2 rings (SSSR count). The van der Waals surface area contributed by atoms with Gasteiger partial charge in [-0.15, -0.1) is 0 Å². The summed E-state index contributed by atoms with van der Waals surface area (Å²) in [7, 11) is 1.90. The first kappa shape index (κ1) is 13.2. The molecular weight excluding hydrogens is 246 g/mol. The van der Waals surface area contributed by atoms with Gasteiger partial charge in [0, 0.05) is 31.6 Å². The third-order valence-corrected chi connectivity index (χ3v) is 4.34. The summed E-state index contributed by atoms with van der Waals surface area (Å²) in [6.45, 7) is 2.80. The maximum atomic E-state index is 12.5. The van der Waals surface area contributed by atoms with Crippen molar-refractivity contribution < 1.29 is 4.79 Å². The maximum Gasteiger partial charge on any atom is 0.256 e. The molecule has 98 valence electrons. The van der Waals surface area contributed by atoms with Gasteiger partial charge in [-0.2, -0.15) is 11.8 Å². The number of thioether (sulfide) groups is 1. The first-order chi connectivity index (χ1) is 8.74. The molecule has 0 radical (unpaired) electrons. The zero-order chi connectivity index (χ0) is 13.0. The SMILES string of the molecule is CCNc1cnccc1C(=O)N(C)C1CCSC1. The van der Waals surface area contributed by atoms with Crippen LogP contribution >= 0.6 is 11.8 Å². The lowest BCUT2D eigenvalue weighted by Crippen LogP contribution is -2.37. The number of nitrogens with zero attached hydrogens (tertiary/aromatic N) is 2. The average Bonchev–Trinajstić information content (AvgIpc) is 2.92. The van der Waals surface area contributed by atoms with Crippen LogP contribution in [0.4, 0.5) is 5.69 Å². The highest BCUT2D eigenvalue weighted by atomic mass is 32.2. The van der Waals surface area contributed by atoms with Crippen LogP contribution in [0.15, 0.2) is 18.5 Å². The topological polar surface area (TPSA) is 45.2 Å². The van der Waals surface area contributed by atoms with E-state index in [4.69, 9.17) is 0 Å². The van der Waals surface area contributed by atoms with Gasteiger partial charge in [-0.3, -0.25) is 9.78 Å². The van der Waals surface area contributed by atoms with Gasteiger partial charge >= 0.3 is 0 Å². The maximum absolute atomic E-state index is 12.5. The van der Waals surface area contributed by atoms with E-state index in [1.165, 1.54) is 0 Å². The fraction of sp³-hybridized carbons (Fsp3) is 0.538. The first-order valence-corrected chi connectivity index (χ1v) is 7.42. The van der Waals surface area contributed by atoms with Crippen molar-refractivity contribution in [1.82, 2.24) is 9.88 Å². The first-order valence-electron chi connectivity index (χ1n) is 6.26. The van der Waals surface area contributed by atoms with Crippen molar-refractivity contribution in [3.8, 4) is 0 Å². The quantitative estimate of drug-likeness (QED) is 0.905. The molecule has 5 heteroatoms. The molecule has 1 aromatic rings. The summed E-state index contributed by atoms with van der Waals surface area (Å²) in [6, 6.07) is 2.16. The molecule has 18 heavy (non-hydrogen) atoms. The fourth-order valence-corrected chi connectivity index (χ4v) is 3.36. The molecule has 1 atom stereocenters. The molecule has 1 aromatic heterocycles. The molecule has 0 saturated carbocycles. The van der Waals surface area contributed by atoms with Crippen molar-refractivity contribution in [3.63, 3.8) is 0 Å². The molecule has 4 nitrogen and oxygen atoms in total. The number of carbonyl (C=O) groups excluding carboxylic acids is 1. The van der Waals surface area contributed by atoms with E-state index in [1.807, 2.05) is 30.6 Å². The highest BCUT2D eigenvalue weighted by molar-refractivity contribution is 7.99. The number of aromatic nitrogens is 1. The lowest BCUT2D eigenvalue weighted by molar-refractivity contribution is 0.0748. The Morgan fingerprint density at radius 3 is 3.17 bits per heavy atom. The minimum atomic E-state index is 0.0841. The molecule has 1 amide bonds. The number of anilines is 1. The second-order valence-electron chi connectivity index (χ2n) is 4.39. The Labute approximate surface area is 112 Å². The van der Waals surface area contributed by atoms with Gasteiger partial charge in [0.2, 0.25) is 0 Å². The predicted molar refractivity (Wildman–Crippen MR) is 76.2 cm³/mol. The van der Waals surface area contributed by atoms with Crippen molar-refractivity contribution >= 4 is 23.4 Å². The Hall–Kier alpha value is -1.23. The van der Waals surface area contributed by atoms with Crippen LogP contribution in [-0.4, -0.2) is 46.9 Å². The standard InChI is InChI=1S/C13H19N3OS/c1-3-15-12-8-14-6-4-11(12)13(17)16(2)10-5-7-18-9-10/h4,6,8,10,15H,3,5,7,9H2,1-2H3. The fourth-order valence-electron chi connectivity index (χ4n) is 2.10. The highest BCUT2D eigenvalue weighted by Crippen LogP contribution is 2.24. The number of rotatable bonds is 4. The normalized spacial score (nSPS) is 18.7. The van der Waals surface area contributed by atoms with Gasteiger partial charge in [0.05, 0.1) is 17.4 Å². The summed E-state index contributed by atoms with van der Waals surface area (Å²) in [5.41, 5.74) is 1.54. The van der Waals surface area contributed by atoms with Crippen molar-refractivity contribution in [2.24, 2.45) is 0 Å². The molecule has 1 unspecified atom stereocenters. The zero-order valence-electron chi connectivity index (χ0n) is 10.8. The van der Waals surface area contributed by atoms with Gasteiger partial charge in [-0.05, 0) is 25.2 Å². The van der Waals surface area contributed by atoms with Crippen molar-refractivity contribution in [3.05, 3.63) is 24.0 Å². The van der Waals surface area contributed by atoms with E-state index in [9.17, 15) is 4.79 Å². The van der Waals surface area contributed by atoms with Gasteiger partial charge < -0.3 is 10.2 Å². The summed E-state index contributed by atoms with van der Waals surface area (Å²) in [5.74, 6) is 2.28. The summed E-state index contributed by atoms with van der Waals surface area (Å²) in [6.07, 6.45) is 4.48. The van der Waals surface area contributed by atoms with E-state index in [2.05, 4.69) is 10.3 Å². The Balaban J connectivity index is 2.16. The van der Waals surface area contributed by atoms with E-state index in [-0.39, 0.29) is 5.91 Å². The van der Waals surface area contributed by atoms with Crippen LogP contribution in [0.2, 0.25) is 0 Å². The number of nitrogens with one attached hydrogen (secondary N) is 1. The molecule has 1 saturated heterocycles. The molecular formula is C13H19N3OS. The van der Waals surface area contributed by atoms with Crippen LogP contribution in [0, 0.1) is 0 Å². The third kappa shape index (κ3) is 2.77. The molecule has 1 fully saturated rings. The molecule has 2 heterocycles.